The highest BCUT2D eigenvalue weighted by Crippen LogP contribution is 2.25. The number of hydrogen-bond donors (Lipinski definition) is 1. The van der Waals surface area contributed by atoms with E-state index in [0.717, 1.165) is 11.1 Å². The van der Waals surface area contributed by atoms with Gasteiger partial charge in [0.2, 0.25) is 5.88 Å². The first kappa shape index (κ1) is 11.5. The molecule has 1 atom stereocenters. The second-order valence-electron chi connectivity index (χ2n) is 3.66. The minimum Gasteiger partial charge on any atom is -0.480 e. The quantitative estimate of drug-likeness (QED) is 0.858. The standard InChI is InChI=1S/C12H14N4O/c1-8-7-14-4-3-9(8)10(13)11-12(17-2)16-6-5-15-11/h3-7,10H,13H2,1-2H3. The maximum absolute atomic E-state index is 6.18. The van der Waals surface area contributed by atoms with Crippen LogP contribution in [0.5, 0.6) is 5.88 Å². The van der Waals surface area contributed by atoms with Crippen LogP contribution in [-0.4, -0.2) is 22.1 Å². The van der Waals surface area contributed by atoms with Gasteiger partial charge in [0.15, 0.2) is 0 Å². The number of aromatic nitrogens is 3. The van der Waals surface area contributed by atoms with E-state index in [-0.39, 0.29) is 6.04 Å². The van der Waals surface area contributed by atoms with Gasteiger partial charge < -0.3 is 10.5 Å². The molecular weight excluding hydrogens is 216 g/mol. The summed E-state index contributed by atoms with van der Waals surface area (Å²) >= 11 is 0. The predicted molar refractivity (Wildman–Crippen MR) is 63.6 cm³/mol. The molecule has 0 aliphatic carbocycles. The topological polar surface area (TPSA) is 73.9 Å². The Morgan fingerprint density at radius 3 is 2.71 bits per heavy atom. The highest BCUT2D eigenvalue weighted by atomic mass is 16.5. The molecule has 0 aliphatic rings. The fourth-order valence-electron chi connectivity index (χ4n) is 1.69. The van der Waals surface area contributed by atoms with Gasteiger partial charge in [0.1, 0.15) is 5.69 Å². The number of hydrogen-bond acceptors (Lipinski definition) is 5. The summed E-state index contributed by atoms with van der Waals surface area (Å²) in [6, 6.07) is 1.52. The van der Waals surface area contributed by atoms with Gasteiger partial charge in [-0.25, -0.2) is 4.98 Å². The molecule has 5 heteroatoms. The molecule has 88 valence electrons. The maximum Gasteiger partial charge on any atom is 0.237 e. The van der Waals surface area contributed by atoms with Crippen molar-refractivity contribution in [2.24, 2.45) is 5.73 Å². The SMILES string of the molecule is COc1nccnc1C(N)c1ccncc1C. The number of pyridine rings is 1. The van der Waals surface area contributed by atoms with Gasteiger partial charge in [-0.2, -0.15) is 0 Å². The average molecular weight is 230 g/mol. The van der Waals surface area contributed by atoms with E-state index < -0.39 is 0 Å². The lowest BCUT2D eigenvalue weighted by atomic mass is 10.0. The van der Waals surface area contributed by atoms with Gasteiger partial charge in [-0.05, 0) is 24.1 Å². The first-order chi connectivity index (χ1) is 8.24. The minimum absolute atomic E-state index is 0.360. The molecule has 0 radical (unpaired) electrons. The second-order valence-corrected chi connectivity index (χ2v) is 3.66. The summed E-state index contributed by atoms with van der Waals surface area (Å²) in [7, 11) is 1.56. The number of methoxy groups -OCH3 is 1. The molecule has 2 aromatic heterocycles. The summed E-state index contributed by atoms with van der Waals surface area (Å²) < 4.78 is 5.16. The van der Waals surface area contributed by atoms with E-state index in [0.29, 0.717) is 11.6 Å². The van der Waals surface area contributed by atoms with Crippen molar-refractivity contribution in [3.05, 3.63) is 47.7 Å². The largest absolute Gasteiger partial charge is 0.480 e. The van der Waals surface area contributed by atoms with Crippen LogP contribution in [0, 0.1) is 6.92 Å². The lowest BCUT2D eigenvalue weighted by Crippen LogP contribution is -2.16. The fourth-order valence-corrected chi connectivity index (χ4v) is 1.69. The van der Waals surface area contributed by atoms with Crippen molar-refractivity contribution < 1.29 is 4.74 Å². The molecule has 0 aliphatic heterocycles. The molecule has 0 spiro atoms. The van der Waals surface area contributed by atoms with Gasteiger partial charge in [0.25, 0.3) is 0 Å². The van der Waals surface area contributed by atoms with E-state index in [1.807, 2.05) is 13.0 Å². The van der Waals surface area contributed by atoms with E-state index in [2.05, 4.69) is 15.0 Å². The van der Waals surface area contributed by atoms with Crippen LogP contribution >= 0.6 is 0 Å². The molecule has 0 aromatic carbocycles. The van der Waals surface area contributed by atoms with E-state index in [9.17, 15) is 0 Å². The van der Waals surface area contributed by atoms with Crippen LogP contribution in [0.15, 0.2) is 30.9 Å². The minimum atomic E-state index is -0.360. The van der Waals surface area contributed by atoms with Crippen molar-refractivity contribution in [3.8, 4) is 5.88 Å². The normalized spacial score (nSPS) is 12.2. The van der Waals surface area contributed by atoms with Gasteiger partial charge in [-0.1, -0.05) is 0 Å². The summed E-state index contributed by atoms with van der Waals surface area (Å²) in [4.78, 5) is 12.4. The third-order valence-corrected chi connectivity index (χ3v) is 2.58. The van der Waals surface area contributed by atoms with Gasteiger partial charge >= 0.3 is 0 Å². The Morgan fingerprint density at radius 1 is 1.24 bits per heavy atom. The fraction of sp³-hybridized carbons (Fsp3) is 0.250. The lowest BCUT2D eigenvalue weighted by molar-refractivity contribution is 0.387. The Hall–Kier alpha value is -2.01. The molecular formula is C12H14N4O. The Labute approximate surface area is 99.7 Å². The molecule has 1 unspecified atom stereocenters. The molecule has 2 N–H and O–H groups in total. The average Bonchev–Trinajstić information content (AvgIpc) is 2.38. The zero-order valence-corrected chi connectivity index (χ0v) is 9.79. The molecule has 0 fully saturated rings. The smallest absolute Gasteiger partial charge is 0.237 e. The molecule has 0 saturated heterocycles. The van der Waals surface area contributed by atoms with E-state index in [1.54, 1.807) is 31.9 Å². The molecule has 0 bridgehead atoms. The first-order valence-electron chi connectivity index (χ1n) is 5.25. The molecule has 2 heterocycles. The number of nitrogens with two attached hydrogens (primary N) is 1. The zero-order valence-electron chi connectivity index (χ0n) is 9.79. The number of ether oxygens (including phenoxy) is 1. The summed E-state index contributed by atoms with van der Waals surface area (Å²) in [5.41, 5.74) is 8.80. The summed E-state index contributed by atoms with van der Waals surface area (Å²) in [6.45, 7) is 1.96. The molecule has 17 heavy (non-hydrogen) atoms. The summed E-state index contributed by atoms with van der Waals surface area (Å²) in [5.74, 6) is 0.455. The van der Waals surface area contributed by atoms with E-state index >= 15 is 0 Å². The molecule has 2 rings (SSSR count). The first-order valence-corrected chi connectivity index (χ1v) is 5.25. The molecule has 0 amide bonds. The highest BCUT2D eigenvalue weighted by Gasteiger charge is 2.17. The van der Waals surface area contributed by atoms with Gasteiger partial charge in [-0.3, -0.25) is 9.97 Å². The Balaban J connectivity index is 2.44. The monoisotopic (exact) mass is 230 g/mol. The highest BCUT2D eigenvalue weighted by molar-refractivity contribution is 5.35. The second kappa shape index (κ2) is 4.88. The lowest BCUT2D eigenvalue weighted by Gasteiger charge is -2.15. The number of nitrogens with zero attached hydrogens (tertiary/aromatic N) is 3. The predicted octanol–water partition coefficient (Wildman–Crippen LogP) is 1.24. The number of aryl methyl sites for hydroxylation is 1. The van der Waals surface area contributed by atoms with Gasteiger partial charge in [-0.15, -0.1) is 0 Å². The maximum atomic E-state index is 6.18. The Kier molecular flexibility index (Phi) is 3.30. The Morgan fingerprint density at radius 2 is 2.00 bits per heavy atom. The van der Waals surface area contributed by atoms with Crippen LogP contribution in [0.4, 0.5) is 0 Å². The third kappa shape index (κ3) is 2.24. The molecule has 0 saturated carbocycles. The van der Waals surface area contributed by atoms with E-state index in [1.165, 1.54) is 0 Å². The van der Waals surface area contributed by atoms with Crippen molar-refractivity contribution >= 4 is 0 Å². The Bertz CT molecular complexity index is 515. The van der Waals surface area contributed by atoms with Crippen LogP contribution < -0.4 is 10.5 Å². The van der Waals surface area contributed by atoms with Crippen molar-refractivity contribution in [2.45, 2.75) is 13.0 Å². The summed E-state index contributed by atoms with van der Waals surface area (Å²) in [6.07, 6.45) is 6.67. The van der Waals surface area contributed by atoms with Crippen molar-refractivity contribution in [2.75, 3.05) is 7.11 Å². The van der Waals surface area contributed by atoms with Crippen LogP contribution in [0.25, 0.3) is 0 Å². The van der Waals surface area contributed by atoms with Crippen molar-refractivity contribution in [1.29, 1.82) is 0 Å². The zero-order chi connectivity index (χ0) is 12.3. The summed E-state index contributed by atoms with van der Waals surface area (Å²) in [5, 5.41) is 0. The van der Waals surface area contributed by atoms with Crippen LogP contribution in [0.3, 0.4) is 0 Å². The van der Waals surface area contributed by atoms with Gasteiger partial charge in [0.05, 0.1) is 13.2 Å². The molecule has 5 nitrogen and oxygen atoms in total. The molecule has 2 aromatic rings. The van der Waals surface area contributed by atoms with Crippen molar-refractivity contribution in [3.63, 3.8) is 0 Å². The van der Waals surface area contributed by atoms with Crippen LogP contribution in [-0.2, 0) is 0 Å². The van der Waals surface area contributed by atoms with Gasteiger partial charge in [0, 0.05) is 24.8 Å². The van der Waals surface area contributed by atoms with Crippen molar-refractivity contribution in [1.82, 2.24) is 15.0 Å². The van der Waals surface area contributed by atoms with E-state index in [4.69, 9.17) is 10.5 Å². The third-order valence-electron chi connectivity index (χ3n) is 2.58. The van der Waals surface area contributed by atoms with Crippen LogP contribution in [0.1, 0.15) is 22.9 Å². The van der Waals surface area contributed by atoms with Crippen LogP contribution in [0.2, 0.25) is 0 Å². The number of rotatable bonds is 3.